The molecule has 144 valence electrons. The van der Waals surface area contributed by atoms with Gasteiger partial charge >= 0.3 is 0 Å². The zero-order valence-corrected chi connectivity index (χ0v) is 15.9. The summed E-state index contributed by atoms with van der Waals surface area (Å²) in [5.41, 5.74) is 0.229. The third kappa shape index (κ3) is 5.07. The van der Waals surface area contributed by atoms with Crippen LogP contribution in [0.15, 0.2) is 4.99 Å². The molecule has 7 heteroatoms. The zero-order chi connectivity index (χ0) is 18.1. The van der Waals surface area contributed by atoms with Crippen LogP contribution in [0.1, 0.15) is 45.4 Å². The van der Waals surface area contributed by atoms with Crippen LogP contribution in [0.25, 0.3) is 0 Å². The molecule has 0 aliphatic heterocycles. The number of amides is 1. The number of carbonyl (C=O) groups is 1. The SMILES string of the molecule is CCOC1CC(NC(=NC)NCC(=O)NCCOC)C12CCCCC2. The lowest BCUT2D eigenvalue weighted by atomic mass is 9.55. The maximum atomic E-state index is 11.8. The van der Waals surface area contributed by atoms with Crippen molar-refractivity contribution in [3.8, 4) is 0 Å². The van der Waals surface area contributed by atoms with E-state index in [1.807, 2.05) is 0 Å². The van der Waals surface area contributed by atoms with Crippen molar-refractivity contribution in [2.75, 3.05) is 40.5 Å². The highest BCUT2D eigenvalue weighted by Crippen LogP contribution is 2.53. The second-order valence-electron chi connectivity index (χ2n) is 6.94. The first-order valence-electron chi connectivity index (χ1n) is 9.50. The number of nitrogens with one attached hydrogen (secondary N) is 3. The molecule has 1 amide bonds. The maximum absolute atomic E-state index is 11.8. The molecule has 3 N–H and O–H groups in total. The van der Waals surface area contributed by atoms with Crippen molar-refractivity contribution in [2.24, 2.45) is 10.4 Å². The van der Waals surface area contributed by atoms with E-state index in [-0.39, 0.29) is 17.9 Å². The fourth-order valence-corrected chi connectivity index (χ4v) is 4.14. The molecule has 0 radical (unpaired) electrons. The highest BCUT2D eigenvalue weighted by Gasteiger charge is 2.55. The lowest BCUT2D eigenvalue weighted by Crippen LogP contribution is -2.66. The summed E-state index contributed by atoms with van der Waals surface area (Å²) in [6.45, 7) is 4.08. The summed E-state index contributed by atoms with van der Waals surface area (Å²) in [4.78, 5) is 16.1. The second kappa shape index (κ2) is 9.97. The number of rotatable bonds is 8. The van der Waals surface area contributed by atoms with E-state index in [0.717, 1.165) is 13.0 Å². The van der Waals surface area contributed by atoms with E-state index in [1.165, 1.54) is 32.1 Å². The molecule has 0 saturated heterocycles. The van der Waals surface area contributed by atoms with Gasteiger partial charge in [-0.1, -0.05) is 19.3 Å². The van der Waals surface area contributed by atoms with Crippen molar-refractivity contribution in [3.63, 3.8) is 0 Å². The Morgan fingerprint density at radius 2 is 2.00 bits per heavy atom. The first-order valence-corrected chi connectivity index (χ1v) is 9.50. The van der Waals surface area contributed by atoms with Crippen LogP contribution >= 0.6 is 0 Å². The fraction of sp³-hybridized carbons (Fsp3) is 0.889. The Morgan fingerprint density at radius 3 is 2.64 bits per heavy atom. The Balaban J connectivity index is 1.83. The van der Waals surface area contributed by atoms with E-state index in [2.05, 4.69) is 27.9 Å². The van der Waals surface area contributed by atoms with Crippen LogP contribution in [0.4, 0.5) is 0 Å². The molecule has 2 rings (SSSR count). The van der Waals surface area contributed by atoms with Crippen LogP contribution < -0.4 is 16.0 Å². The van der Waals surface area contributed by atoms with Gasteiger partial charge < -0.3 is 25.4 Å². The minimum absolute atomic E-state index is 0.0619. The maximum Gasteiger partial charge on any atom is 0.239 e. The van der Waals surface area contributed by atoms with Crippen LogP contribution in [0.3, 0.4) is 0 Å². The summed E-state index contributed by atoms with van der Waals surface area (Å²) in [5.74, 6) is 0.625. The van der Waals surface area contributed by atoms with Gasteiger partial charge in [0.1, 0.15) is 0 Å². The molecule has 0 aromatic rings. The van der Waals surface area contributed by atoms with Gasteiger partial charge in [0.05, 0.1) is 19.3 Å². The lowest BCUT2D eigenvalue weighted by molar-refractivity contribution is -0.145. The Kier molecular flexibility index (Phi) is 7.96. The minimum atomic E-state index is -0.0619. The second-order valence-corrected chi connectivity index (χ2v) is 6.94. The van der Waals surface area contributed by atoms with Crippen molar-refractivity contribution >= 4 is 11.9 Å². The van der Waals surface area contributed by atoms with Gasteiger partial charge in [0.25, 0.3) is 0 Å². The predicted molar refractivity (Wildman–Crippen MR) is 98.7 cm³/mol. The van der Waals surface area contributed by atoms with Gasteiger partial charge in [0.2, 0.25) is 5.91 Å². The number of nitrogens with zero attached hydrogens (tertiary/aromatic N) is 1. The zero-order valence-electron chi connectivity index (χ0n) is 15.9. The molecule has 7 nitrogen and oxygen atoms in total. The number of guanidine groups is 1. The molecular weight excluding hydrogens is 320 g/mol. The van der Waals surface area contributed by atoms with E-state index in [1.54, 1.807) is 14.2 Å². The molecule has 2 aliphatic carbocycles. The van der Waals surface area contributed by atoms with E-state index in [9.17, 15) is 4.79 Å². The molecule has 2 aliphatic rings. The summed E-state index contributed by atoms with van der Waals surface area (Å²) in [5, 5.41) is 9.43. The van der Waals surface area contributed by atoms with E-state index >= 15 is 0 Å². The average molecular weight is 354 g/mol. The molecule has 2 atom stereocenters. The van der Waals surface area contributed by atoms with Crippen molar-refractivity contribution in [3.05, 3.63) is 0 Å². The Hall–Kier alpha value is -1.34. The number of hydrogen-bond acceptors (Lipinski definition) is 4. The van der Waals surface area contributed by atoms with Gasteiger partial charge in [-0.05, 0) is 26.2 Å². The Labute approximate surface area is 151 Å². The molecule has 2 saturated carbocycles. The van der Waals surface area contributed by atoms with Crippen molar-refractivity contribution in [2.45, 2.75) is 57.6 Å². The van der Waals surface area contributed by atoms with Crippen molar-refractivity contribution in [1.82, 2.24) is 16.0 Å². The van der Waals surface area contributed by atoms with Gasteiger partial charge in [-0.2, -0.15) is 0 Å². The standard InChI is InChI=1S/C18H34N4O3/c1-4-25-15-12-14(18(15)8-6-5-7-9-18)22-17(19-2)21-13-16(23)20-10-11-24-3/h14-15H,4-13H2,1-3H3,(H,20,23)(H2,19,21,22). The van der Waals surface area contributed by atoms with Crippen LogP contribution in [-0.4, -0.2) is 64.5 Å². The third-order valence-electron chi connectivity index (χ3n) is 5.52. The lowest BCUT2D eigenvalue weighted by Gasteiger charge is -2.57. The first-order chi connectivity index (χ1) is 12.2. The van der Waals surface area contributed by atoms with Crippen molar-refractivity contribution < 1.29 is 14.3 Å². The molecule has 0 heterocycles. The number of methoxy groups -OCH3 is 1. The summed E-state index contributed by atoms with van der Waals surface area (Å²) in [7, 11) is 3.36. The van der Waals surface area contributed by atoms with Crippen LogP contribution in [0, 0.1) is 5.41 Å². The third-order valence-corrected chi connectivity index (χ3v) is 5.52. The molecule has 2 fully saturated rings. The number of aliphatic imine (C=N–C) groups is 1. The molecule has 0 bridgehead atoms. The van der Waals surface area contributed by atoms with Gasteiger partial charge in [0.15, 0.2) is 5.96 Å². The molecular formula is C18H34N4O3. The van der Waals surface area contributed by atoms with Gasteiger partial charge in [0, 0.05) is 38.8 Å². The average Bonchev–Trinajstić information content (AvgIpc) is 2.64. The summed E-state index contributed by atoms with van der Waals surface area (Å²) >= 11 is 0. The highest BCUT2D eigenvalue weighted by molar-refractivity contribution is 5.86. The van der Waals surface area contributed by atoms with Crippen LogP contribution in [0.2, 0.25) is 0 Å². The number of ether oxygens (including phenoxy) is 2. The molecule has 1 spiro atoms. The Bertz CT molecular complexity index is 450. The molecule has 2 unspecified atom stereocenters. The number of hydrogen-bond donors (Lipinski definition) is 3. The molecule has 0 aromatic carbocycles. The monoisotopic (exact) mass is 354 g/mol. The Morgan fingerprint density at radius 1 is 1.24 bits per heavy atom. The minimum Gasteiger partial charge on any atom is -0.383 e. The topological polar surface area (TPSA) is 84.0 Å². The quantitative estimate of drug-likeness (QED) is 0.345. The summed E-state index contributed by atoms with van der Waals surface area (Å²) in [6, 6.07) is 0.368. The molecule has 0 aromatic heterocycles. The van der Waals surface area contributed by atoms with E-state index in [0.29, 0.717) is 31.3 Å². The van der Waals surface area contributed by atoms with Crippen LogP contribution in [0.5, 0.6) is 0 Å². The van der Waals surface area contributed by atoms with Gasteiger partial charge in [-0.25, -0.2) is 0 Å². The van der Waals surface area contributed by atoms with Gasteiger partial charge in [-0.15, -0.1) is 0 Å². The van der Waals surface area contributed by atoms with E-state index in [4.69, 9.17) is 9.47 Å². The number of carbonyl (C=O) groups excluding carboxylic acids is 1. The van der Waals surface area contributed by atoms with E-state index < -0.39 is 0 Å². The smallest absolute Gasteiger partial charge is 0.239 e. The predicted octanol–water partition coefficient (Wildman–Crippen LogP) is 1.04. The van der Waals surface area contributed by atoms with Crippen molar-refractivity contribution in [1.29, 1.82) is 0 Å². The fourth-order valence-electron chi connectivity index (χ4n) is 4.14. The normalized spacial score (nSPS) is 25.3. The highest BCUT2D eigenvalue weighted by atomic mass is 16.5. The first kappa shape index (κ1) is 20.0. The summed E-state index contributed by atoms with van der Waals surface area (Å²) in [6.07, 6.45) is 7.65. The largest absolute Gasteiger partial charge is 0.383 e. The molecule has 25 heavy (non-hydrogen) atoms. The summed E-state index contributed by atoms with van der Waals surface area (Å²) < 4.78 is 10.9. The van der Waals surface area contributed by atoms with Gasteiger partial charge in [-0.3, -0.25) is 9.79 Å². The van der Waals surface area contributed by atoms with Crippen LogP contribution in [-0.2, 0) is 14.3 Å².